The normalized spacial score (nSPS) is 22.2. The van der Waals surface area contributed by atoms with Gasteiger partial charge >= 0.3 is 6.03 Å². The first kappa shape index (κ1) is 22.3. The molecule has 11 heteroatoms. The number of anilines is 1. The van der Waals surface area contributed by atoms with Crippen LogP contribution in [-0.4, -0.2) is 76.8 Å². The van der Waals surface area contributed by atoms with Gasteiger partial charge in [-0.25, -0.2) is 4.79 Å². The van der Waals surface area contributed by atoms with Crippen LogP contribution in [0.2, 0.25) is 0 Å². The number of aliphatic hydroxyl groups is 1. The number of amides is 2. The largest absolute Gasteiger partial charge is 0.454 e. The minimum Gasteiger partial charge on any atom is -0.454 e. The van der Waals surface area contributed by atoms with E-state index in [1.54, 1.807) is 18.2 Å². The third-order valence-electron chi connectivity index (χ3n) is 5.49. The minimum absolute atomic E-state index is 0.0105. The number of aromatic nitrogens is 3. The summed E-state index contributed by atoms with van der Waals surface area (Å²) in [4.78, 5) is 14.5. The summed E-state index contributed by atoms with van der Waals surface area (Å²) in [5.74, 6) is 1.25. The molecule has 174 valence electrons. The highest BCUT2D eigenvalue weighted by Gasteiger charge is 2.32. The first-order chi connectivity index (χ1) is 15.5. The first-order valence-corrected chi connectivity index (χ1v) is 10.8. The molecule has 3 atom stereocenters. The van der Waals surface area contributed by atoms with Crippen molar-refractivity contribution in [2.24, 2.45) is 0 Å². The summed E-state index contributed by atoms with van der Waals surface area (Å²) < 4.78 is 18.5. The molecule has 11 nitrogen and oxygen atoms in total. The van der Waals surface area contributed by atoms with Crippen molar-refractivity contribution in [2.75, 3.05) is 32.8 Å². The highest BCUT2D eigenvalue weighted by Crippen LogP contribution is 2.34. The van der Waals surface area contributed by atoms with Crippen LogP contribution >= 0.6 is 0 Å². The molecular weight excluding hydrogens is 416 g/mol. The van der Waals surface area contributed by atoms with Crippen molar-refractivity contribution in [3.8, 4) is 11.5 Å². The predicted octanol–water partition coefficient (Wildman–Crippen LogP) is 1.19. The number of hydrogen-bond acceptors (Lipinski definition) is 8. The van der Waals surface area contributed by atoms with Crippen LogP contribution in [0.15, 0.2) is 24.4 Å². The molecule has 0 saturated carbocycles. The zero-order chi connectivity index (χ0) is 22.5. The maximum absolute atomic E-state index is 12.5. The second kappa shape index (κ2) is 10.2. The Bertz CT molecular complexity index is 920. The molecule has 1 aromatic carbocycles. The topological polar surface area (TPSA) is 123 Å². The van der Waals surface area contributed by atoms with Crippen LogP contribution in [0.3, 0.4) is 0 Å². The van der Waals surface area contributed by atoms with Gasteiger partial charge in [-0.1, -0.05) is 5.21 Å². The van der Waals surface area contributed by atoms with Crippen molar-refractivity contribution in [3.63, 3.8) is 0 Å². The van der Waals surface area contributed by atoms with E-state index in [0.717, 1.165) is 25.1 Å². The van der Waals surface area contributed by atoms with Crippen molar-refractivity contribution in [1.82, 2.24) is 25.2 Å². The fraction of sp³-hybridized carbons (Fsp3) is 0.571. The lowest BCUT2D eigenvalue weighted by molar-refractivity contribution is -0.0905. The predicted molar refractivity (Wildman–Crippen MR) is 116 cm³/mol. The van der Waals surface area contributed by atoms with Gasteiger partial charge in [0.05, 0.1) is 24.4 Å². The number of carbonyl (C=O) groups excluding carboxylic acids is 1. The second-order valence-electron chi connectivity index (χ2n) is 8.33. The molecule has 2 amide bonds. The number of urea groups is 1. The Morgan fingerprint density at radius 3 is 2.94 bits per heavy atom. The highest BCUT2D eigenvalue weighted by molar-refractivity contribution is 5.90. The fourth-order valence-electron chi connectivity index (χ4n) is 3.94. The number of rotatable bonds is 8. The van der Waals surface area contributed by atoms with E-state index in [1.165, 1.54) is 0 Å². The van der Waals surface area contributed by atoms with Gasteiger partial charge in [-0.3, -0.25) is 4.68 Å². The Balaban J connectivity index is 1.24. The lowest BCUT2D eigenvalue weighted by atomic mass is 9.97. The fourth-order valence-corrected chi connectivity index (χ4v) is 3.94. The van der Waals surface area contributed by atoms with Crippen LogP contribution in [0.1, 0.15) is 25.0 Å². The van der Waals surface area contributed by atoms with Crippen LogP contribution in [0.5, 0.6) is 11.5 Å². The molecular formula is C21H30N6O5. The molecule has 32 heavy (non-hydrogen) atoms. The number of nitrogens with one attached hydrogen (secondary N) is 2. The van der Waals surface area contributed by atoms with Crippen molar-refractivity contribution in [1.29, 1.82) is 0 Å². The Labute approximate surface area is 186 Å². The number of ether oxygens (including phenoxy) is 3. The van der Waals surface area contributed by atoms with Crippen LogP contribution in [0.4, 0.5) is 10.5 Å². The number of aliphatic hydroxyl groups excluding tert-OH is 1. The molecule has 0 spiro atoms. The number of carbonyl (C=O) groups is 1. The van der Waals surface area contributed by atoms with Gasteiger partial charge in [-0.05, 0) is 45.5 Å². The Hall–Kier alpha value is -2.89. The summed E-state index contributed by atoms with van der Waals surface area (Å²) >= 11 is 0. The average molecular weight is 447 g/mol. The number of nitrogens with zero attached hydrogens (tertiary/aromatic N) is 4. The molecule has 4 rings (SSSR count). The Kier molecular flexibility index (Phi) is 7.08. The summed E-state index contributed by atoms with van der Waals surface area (Å²) in [7, 11) is 3.98. The molecule has 0 unspecified atom stereocenters. The second-order valence-corrected chi connectivity index (χ2v) is 8.33. The van der Waals surface area contributed by atoms with E-state index in [9.17, 15) is 9.90 Å². The molecule has 3 N–H and O–H groups in total. The van der Waals surface area contributed by atoms with E-state index in [-0.39, 0.29) is 31.6 Å². The first-order valence-electron chi connectivity index (χ1n) is 10.8. The van der Waals surface area contributed by atoms with Gasteiger partial charge in [-0.2, -0.15) is 0 Å². The van der Waals surface area contributed by atoms with E-state index in [2.05, 4.69) is 20.9 Å². The molecule has 2 aliphatic heterocycles. The molecule has 2 aliphatic rings. The van der Waals surface area contributed by atoms with Crippen molar-refractivity contribution < 1.29 is 24.1 Å². The average Bonchev–Trinajstić information content (AvgIpc) is 3.41. The SMILES string of the molecule is CN(C)Cc1cn(CC[C@@H]2CC[C@H](NC(=O)Nc3ccc4c(c3)OCO4)[C@@H](CO)O2)nn1. The molecule has 2 aromatic rings. The standard InChI is InChI=1S/C21H30N6O5/c1-26(2)10-15-11-27(25-24-15)8-7-16-4-5-17(20(12-28)32-16)23-21(29)22-14-3-6-18-19(9-14)31-13-30-18/h3,6,9,11,16-17,20,28H,4-5,7-8,10,12-13H2,1-2H3,(H2,22,23,29)/t16-,17-,20+/m0/s1. The van der Waals surface area contributed by atoms with E-state index < -0.39 is 6.10 Å². The molecule has 1 fully saturated rings. The smallest absolute Gasteiger partial charge is 0.319 e. The van der Waals surface area contributed by atoms with Gasteiger partial charge in [0.2, 0.25) is 6.79 Å². The summed E-state index contributed by atoms with van der Waals surface area (Å²) in [5.41, 5.74) is 1.52. The number of hydrogen-bond donors (Lipinski definition) is 3. The van der Waals surface area contributed by atoms with Gasteiger partial charge < -0.3 is 34.9 Å². The van der Waals surface area contributed by atoms with E-state index in [1.807, 2.05) is 29.9 Å². The highest BCUT2D eigenvalue weighted by atomic mass is 16.7. The third kappa shape index (κ3) is 5.67. The zero-order valence-corrected chi connectivity index (χ0v) is 18.4. The van der Waals surface area contributed by atoms with Gasteiger partial charge in [0.15, 0.2) is 11.5 Å². The Morgan fingerprint density at radius 1 is 1.28 bits per heavy atom. The summed E-state index contributed by atoms with van der Waals surface area (Å²) in [6.07, 6.45) is 3.73. The Morgan fingerprint density at radius 2 is 2.12 bits per heavy atom. The summed E-state index contributed by atoms with van der Waals surface area (Å²) in [5, 5.41) is 23.8. The summed E-state index contributed by atoms with van der Waals surface area (Å²) in [6, 6.07) is 4.58. The number of aryl methyl sites for hydroxylation is 1. The van der Waals surface area contributed by atoms with Gasteiger partial charge in [-0.15, -0.1) is 5.10 Å². The van der Waals surface area contributed by atoms with Crippen LogP contribution in [-0.2, 0) is 17.8 Å². The number of benzene rings is 1. The molecule has 1 saturated heterocycles. The van der Waals surface area contributed by atoms with Crippen LogP contribution < -0.4 is 20.1 Å². The maximum atomic E-state index is 12.5. The van der Waals surface area contributed by atoms with Crippen molar-refractivity contribution >= 4 is 11.7 Å². The molecule has 0 radical (unpaired) electrons. The molecule has 0 bridgehead atoms. The lowest BCUT2D eigenvalue weighted by Crippen LogP contribution is -2.52. The van der Waals surface area contributed by atoms with E-state index in [4.69, 9.17) is 14.2 Å². The van der Waals surface area contributed by atoms with E-state index >= 15 is 0 Å². The van der Waals surface area contributed by atoms with Crippen LogP contribution in [0, 0.1) is 0 Å². The monoisotopic (exact) mass is 446 g/mol. The quantitative estimate of drug-likeness (QED) is 0.553. The van der Waals surface area contributed by atoms with Crippen molar-refractivity contribution in [3.05, 3.63) is 30.1 Å². The number of fused-ring (bicyclic) bond motifs is 1. The van der Waals surface area contributed by atoms with Gasteiger partial charge in [0.1, 0.15) is 6.10 Å². The van der Waals surface area contributed by atoms with Gasteiger partial charge in [0, 0.05) is 31.0 Å². The third-order valence-corrected chi connectivity index (χ3v) is 5.49. The molecule has 3 heterocycles. The molecule has 1 aromatic heterocycles. The van der Waals surface area contributed by atoms with E-state index in [0.29, 0.717) is 30.2 Å². The van der Waals surface area contributed by atoms with Crippen molar-refractivity contribution in [2.45, 2.75) is 50.6 Å². The minimum atomic E-state index is -0.462. The maximum Gasteiger partial charge on any atom is 0.319 e. The van der Waals surface area contributed by atoms with Crippen LogP contribution in [0.25, 0.3) is 0 Å². The molecule has 0 aliphatic carbocycles. The van der Waals surface area contributed by atoms with Gasteiger partial charge in [0.25, 0.3) is 0 Å². The summed E-state index contributed by atoms with van der Waals surface area (Å²) in [6.45, 7) is 1.44. The lowest BCUT2D eigenvalue weighted by Gasteiger charge is -2.36. The zero-order valence-electron chi connectivity index (χ0n) is 18.4.